The van der Waals surface area contributed by atoms with Gasteiger partial charge in [0.2, 0.25) is 0 Å². The maximum absolute atomic E-state index is 5.35. The van der Waals surface area contributed by atoms with Crippen LogP contribution < -0.4 is 5.32 Å². The second kappa shape index (κ2) is 6.19. The molecular formula is C13H23N3O. The first-order valence-corrected chi connectivity index (χ1v) is 6.42. The Hall–Kier alpha value is -0.840. The van der Waals surface area contributed by atoms with Crippen molar-refractivity contribution in [3.8, 4) is 0 Å². The van der Waals surface area contributed by atoms with Crippen LogP contribution in [0.5, 0.6) is 0 Å². The number of nitrogens with zero attached hydrogens (tertiary/aromatic N) is 2. The van der Waals surface area contributed by atoms with Crippen molar-refractivity contribution in [2.75, 3.05) is 39.9 Å². The van der Waals surface area contributed by atoms with Gasteiger partial charge in [-0.25, -0.2) is 0 Å². The predicted molar refractivity (Wildman–Crippen MR) is 69.2 cm³/mol. The third kappa shape index (κ3) is 3.56. The average Bonchev–Trinajstić information content (AvgIpc) is 2.85. The van der Waals surface area contributed by atoms with Crippen LogP contribution in [0.25, 0.3) is 0 Å². The van der Waals surface area contributed by atoms with Gasteiger partial charge < -0.3 is 14.6 Å². The highest BCUT2D eigenvalue weighted by Gasteiger charge is 2.10. The molecule has 4 nitrogen and oxygen atoms in total. The summed E-state index contributed by atoms with van der Waals surface area (Å²) in [5, 5.41) is 3.26. The molecule has 1 saturated heterocycles. The molecule has 4 heteroatoms. The van der Waals surface area contributed by atoms with Gasteiger partial charge in [-0.05, 0) is 25.6 Å². The third-order valence-corrected chi connectivity index (χ3v) is 3.48. The molecule has 0 aliphatic carbocycles. The zero-order valence-corrected chi connectivity index (χ0v) is 10.9. The fourth-order valence-corrected chi connectivity index (χ4v) is 2.10. The molecule has 17 heavy (non-hydrogen) atoms. The van der Waals surface area contributed by atoms with Crippen LogP contribution >= 0.6 is 0 Å². The molecule has 0 spiro atoms. The topological polar surface area (TPSA) is 29.4 Å². The lowest BCUT2D eigenvalue weighted by Gasteiger charge is -2.26. The fraction of sp³-hybridized carbons (Fsp3) is 0.692. The van der Waals surface area contributed by atoms with Crippen LogP contribution in [0.15, 0.2) is 18.5 Å². The molecule has 1 atom stereocenters. The Labute approximate surface area is 104 Å². The summed E-state index contributed by atoms with van der Waals surface area (Å²) in [5.74, 6) is 0. The number of rotatable bonds is 5. The minimum Gasteiger partial charge on any atom is -0.379 e. The molecule has 1 aromatic heterocycles. The molecule has 96 valence electrons. The number of hydrogen-bond acceptors (Lipinski definition) is 3. The second-order valence-electron chi connectivity index (χ2n) is 4.65. The van der Waals surface area contributed by atoms with E-state index in [-0.39, 0.29) is 0 Å². The molecule has 1 fully saturated rings. The summed E-state index contributed by atoms with van der Waals surface area (Å²) >= 11 is 0. The largest absolute Gasteiger partial charge is 0.379 e. The number of aromatic nitrogens is 1. The summed E-state index contributed by atoms with van der Waals surface area (Å²) in [7, 11) is 2.00. The Kier molecular flexibility index (Phi) is 4.59. The summed E-state index contributed by atoms with van der Waals surface area (Å²) in [6.07, 6.45) is 4.41. The quantitative estimate of drug-likeness (QED) is 0.831. The first-order valence-electron chi connectivity index (χ1n) is 6.42. The van der Waals surface area contributed by atoms with Crippen molar-refractivity contribution in [2.45, 2.75) is 19.5 Å². The van der Waals surface area contributed by atoms with E-state index in [0.717, 1.165) is 39.4 Å². The minimum absolute atomic E-state index is 0.430. The number of hydrogen-bond donors (Lipinski definition) is 1. The van der Waals surface area contributed by atoms with E-state index >= 15 is 0 Å². The Morgan fingerprint density at radius 1 is 1.35 bits per heavy atom. The molecule has 1 aliphatic heterocycles. The van der Waals surface area contributed by atoms with E-state index in [2.05, 4.69) is 40.2 Å². The maximum atomic E-state index is 5.35. The molecule has 1 unspecified atom stereocenters. The molecule has 2 rings (SSSR count). The summed E-state index contributed by atoms with van der Waals surface area (Å²) in [6, 6.07) is 2.63. The predicted octanol–water partition coefficient (Wildman–Crippen LogP) is 1.10. The van der Waals surface area contributed by atoms with Gasteiger partial charge in [-0.1, -0.05) is 0 Å². The third-order valence-electron chi connectivity index (χ3n) is 3.48. The molecule has 0 amide bonds. The van der Waals surface area contributed by atoms with Gasteiger partial charge >= 0.3 is 0 Å². The molecule has 1 aromatic rings. The molecular weight excluding hydrogens is 214 g/mol. The van der Waals surface area contributed by atoms with E-state index in [1.54, 1.807) is 0 Å². The van der Waals surface area contributed by atoms with Crippen LogP contribution in [0.2, 0.25) is 0 Å². The molecule has 0 aromatic carbocycles. The van der Waals surface area contributed by atoms with Crippen molar-refractivity contribution in [2.24, 2.45) is 0 Å². The lowest BCUT2D eigenvalue weighted by molar-refractivity contribution is 0.0364. The Morgan fingerprint density at radius 2 is 2.12 bits per heavy atom. The van der Waals surface area contributed by atoms with E-state index in [1.165, 1.54) is 5.56 Å². The van der Waals surface area contributed by atoms with Crippen LogP contribution in [-0.2, 0) is 11.3 Å². The highest BCUT2D eigenvalue weighted by Crippen LogP contribution is 2.11. The van der Waals surface area contributed by atoms with Crippen molar-refractivity contribution in [3.63, 3.8) is 0 Å². The van der Waals surface area contributed by atoms with Gasteiger partial charge in [0.25, 0.3) is 0 Å². The van der Waals surface area contributed by atoms with Gasteiger partial charge in [0.05, 0.1) is 13.2 Å². The Balaban J connectivity index is 1.80. The standard InChI is InChI=1S/C13H23N3O/c1-12(14-2)13-3-4-16(11-13)6-5-15-7-9-17-10-8-15/h3-4,11-12,14H,5-10H2,1-2H3. The SMILES string of the molecule is CNC(C)c1ccn(CCN2CCOCC2)c1. The van der Waals surface area contributed by atoms with Crippen LogP contribution in [0, 0.1) is 0 Å². The van der Waals surface area contributed by atoms with Crippen molar-refractivity contribution in [1.29, 1.82) is 0 Å². The van der Waals surface area contributed by atoms with Crippen molar-refractivity contribution in [3.05, 3.63) is 24.0 Å². The maximum Gasteiger partial charge on any atom is 0.0594 e. The van der Waals surface area contributed by atoms with E-state index in [4.69, 9.17) is 4.74 Å². The van der Waals surface area contributed by atoms with Gasteiger partial charge in [-0.15, -0.1) is 0 Å². The fourth-order valence-electron chi connectivity index (χ4n) is 2.10. The molecule has 2 heterocycles. The van der Waals surface area contributed by atoms with Crippen LogP contribution in [0.4, 0.5) is 0 Å². The minimum atomic E-state index is 0.430. The molecule has 0 bridgehead atoms. The van der Waals surface area contributed by atoms with Gasteiger partial charge in [0.15, 0.2) is 0 Å². The highest BCUT2D eigenvalue weighted by molar-refractivity contribution is 5.14. The Morgan fingerprint density at radius 3 is 2.82 bits per heavy atom. The van der Waals surface area contributed by atoms with Gasteiger partial charge in [-0.2, -0.15) is 0 Å². The van der Waals surface area contributed by atoms with E-state index in [0.29, 0.717) is 6.04 Å². The van der Waals surface area contributed by atoms with Crippen LogP contribution in [0.1, 0.15) is 18.5 Å². The second-order valence-corrected chi connectivity index (χ2v) is 4.65. The van der Waals surface area contributed by atoms with Gasteiger partial charge in [0.1, 0.15) is 0 Å². The first-order chi connectivity index (χ1) is 8.29. The van der Waals surface area contributed by atoms with Crippen molar-refractivity contribution in [1.82, 2.24) is 14.8 Å². The summed E-state index contributed by atoms with van der Waals surface area (Å²) in [4.78, 5) is 2.46. The number of nitrogens with one attached hydrogen (secondary N) is 1. The van der Waals surface area contributed by atoms with Gasteiger partial charge in [0, 0.05) is 44.6 Å². The summed E-state index contributed by atoms with van der Waals surface area (Å²) in [6.45, 7) is 8.27. The number of morpholine rings is 1. The van der Waals surface area contributed by atoms with E-state index < -0.39 is 0 Å². The van der Waals surface area contributed by atoms with Crippen LogP contribution in [-0.4, -0.2) is 49.4 Å². The molecule has 0 radical (unpaired) electrons. The lowest BCUT2D eigenvalue weighted by Crippen LogP contribution is -2.38. The average molecular weight is 237 g/mol. The van der Waals surface area contributed by atoms with Gasteiger partial charge in [-0.3, -0.25) is 4.90 Å². The van der Waals surface area contributed by atoms with Crippen molar-refractivity contribution >= 4 is 0 Å². The molecule has 0 saturated carbocycles. The monoisotopic (exact) mass is 237 g/mol. The lowest BCUT2D eigenvalue weighted by atomic mass is 10.2. The van der Waals surface area contributed by atoms with Crippen molar-refractivity contribution < 1.29 is 4.74 Å². The zero-order chi connectivity index (χ0) is 12.1. The number of ether oxygens (including phenoxy) is 1. The normalized spacial score (nSPS) is 19.4. The molecule has 1 aliphatic rings. The Bertz CT molecular complexity index is 331. The smallest absolute Gasteiger partial charge is 0.0594 e. The summed E-state index contributed by atoms with van der Waals surface area (Å²) < 4.78 is 7.62. The zero-order valence-electron chi connectivity index (χ0n) is 10.9. The van der Waals surface area contributed by atoms with E-state index in [1.807, 2.05) is 7.05 Å². The molecule has 1 N–H and O–H groups in total. The first kappa shape index (κ1) is 12.6. The highest BCUT2D eigenvalue weighted by atomic mass is 16.5. The summed E-state index contributed by atoms with van der Waals surface area (Å²) in [5.41, 5.74) is 1.36. The van der Waals surface area contributed by atoms with Crippen LogP contribution in [0.3, 0.4) is 0 Å². The van der Waals surface area contributed by atoms with E-state index in [9.17, 15) is 0 Å².